The van der Waals surface area contributed by atoms with Crippen LogP contribution in [0.15, 0.2) is 41.5 Å². The van der Waals surface area contributed by atoms with Crippen molar-refractivity contribution in [3.63, 3.8) is 0 Å². The number of H-pyrrole nitrogens is 1. The molecule has 1 aromatic carbocycles. The van der Waals surface area contributed by atoms with Crippen LogP contribution in [0.1, 0.15) is 31.7 Å². The topological polar surface area (TPSA) is 101 Å². The van der Waals surface area contributed by atoms with Crippen molar-refractivity contribution in [3.8, 4) is 5.69 Å². The molecule has 0 amide bonds. The zero-order chi connectivity index (χ0) is 21.5. The lowest BCUT2D eigenvalue weighted by molar-refractivity contribution is -0.137. The number of nitrogens with one attached hydrogen (secondary N) is 2. The van der Waals surface area contributed by atoms with Gasteiger partial charge in [0.25, 0.3) is 5.56 Å². The van der Waals surface area contributed by atoms with Crippen LogP contribution in [-0.2, 0) is 6.18 Å². The molecule has 11 heteroatoms. The van der Waals surface area contributed by atoms with E-state index in [1.807, 2.05) is 6.92 Å². The van der Waals surface area contributed by atoms with Gasteiger partial charge in [0.2, 0.25) is 6.35 Å². The quantitative estimate of drug-likeness (QED) is 0.329. The molecular weight excluding hydrogens is 401 g/mol. The Bertz CT molecular complexity index is 1260. The summed E-state index contributed by atoms with van der Waals surface area (Å²) in [5.41, 5.74) is -0.644. The minimum atomic E-state index is -4.53. The first-order valence-corrected chi connectivity index (χ1v) is 9.37. The molecule has 0 aliphatic rings. The molecule has 1 unspecified atom stereocenters. The smallest absolute Gasteiger partial charge is 0.359 e. The first-order valence-electron chi connectivity index (χ1n) is 9.37. The number of nitrogens with zero attached hydrogens (tertiary/aromatic N) is 4. The third kappa shape index (κ3) is 3.46. The number of aromatic nitrogens is 5. The highest BCUT2D eigenvalue weighted by Crippen LogP contribution is 2.30. The lowest BCUT2D eigenvalue weighted by atomic mass is 10.2. The van der Waals surface area contributed by atoms with Gasteiger partial charge in [-0.25, -0.2) is 14.3 Å². The van der Waals surface area contributed by atoms with E-state index in [-0.39, 0.29) is 11.1 Å². The van der Waals surface area contributed by atoms with E-state index in [4.69, 9.17) is 0 Å². The van der Waals surface area contributed by atoms with E-state index in [1.54, 1.807) is 0 Å². The second kappa shape index (κ2) is 7.58. The average Bonchev–Trinajstić information content (AvgIpc) is 3.29. The van der Waals surface area contributed by atoms with Gasteiger partial charge in [0.05, 0.1) is 33.7 Å². The zero-order valence-electron chi connectivity index (χ0n) is 15.9. The van der Waals surface area contributed by atoms with Gasteiger partial charge in [-0.3, -0.25) is 15.2 Å². The number of hydrogen-bond donors (Lipinski definition) is 3. The molecule has 0 fully saturated rings. The standard InChI is InChI=1S/C19H19F3N6O2/c1-2-3-7-23-18(30)28-16-13(10-25-28)15-14(9-24-16)17(29)27(26-15)12-6-4-5-11(8-12)19(20,21)22/h4-6,8-10,18,23,26,30H,2-3,7H2,1H3. The van der Waals surface area contributed by atoms with Gasteiger partial charge in [-0.2, -0.15) is 18.3 Å². The number of aliphatic hydroxyl groups excluding tert-OH is 1. The molecule has 4 rings (SSSR count). The maximum atomic E-state index is 13.0. The summed E-state index contributed by atoms with van der Waals surface area (Å²) in [6.07, 6.45) is -1.03. The van der Waals surface area contributed by atoms with Crippen LogP contribution in [0.5, 0.6) is 0 Å². The van der Waals surface area contributed by atoms with Crippen LogP contribution in [0.3, 0.4) is 0 Å². The van der Waals surface area contributed by atoms with Crippen LogP contribution in [0.2, 0.25) is 0 Å². The fraction of sp³-hybridized carbons (Fsp3) is 0.316. The largest absolute Gasteiger partial charge is 0.416 e. The van der Waals surface area contributed by atoms with Crippen LogP contribution in [0.4, 0.5) is 13.2 Å². The monoisotopic (exact) mass is 420 g/mol. The van der Waals surface area contributed by atoms with Gasteiger partial charge in [0.15, 0.2) is 5.65 Å². The van der Waals surface area contributed by atoms with E-state index in [1.165, 1.54) is 29.2 Å². The minimum Gasteiger partial charge on any atom is -0.359 e. The predicted octanol–water partition coefficient (Wildman–Crippen LogP) is 2.92. The van der Waals surface area contributed by atoms with Crippen molar-refractivity contribution in [2.45, 2.75) is 32.3 Å². The van der Waals surface area contributed by atoms with Crippen molar-refractivity contribution in [3.05, 3.63) is 52.6 Å². The summed E-state index contributed by atoms with van der Waals surface area (Å²) >= 11 is 0. The molecule has 0 aliphatic heterocycles. The summed E-state index contributed by atoms with van der Waals surface area (Å²) in [5, 5.41) is 20.9. The Balaban J connectivity index is 1.79. The van der Waals surface area contributed by atoms with E-state index in [9.17, 15) is 23.1 Å². The average molecular weight is 420 g/mol. The van der Waals surface area contributed by atoms with Gasteiger partial charge in [-0.05, 0) is 31.2 Å². The fourth-order valence-corrected chi connectivity index (χ4v) is 3.24. The highest BCUT2D eigenvalue weighted by molar-refractivity contribution is 6.01. The molecular formula is C19H19F3N6O2. The summed E-state index contributed by atoms with van der Waals surface area (Å²) in [4.78, 5) is 17.0. The number of aromatic amines is 1. The molecule has 0 aliphatic carbocycles. The fourth-order valence-electron chi connectivity index (χ4n) is 3.24. The van der Waals surface area contributed by atoms with Crippen LogP contribution in [0, 0.1) is 0 Å². The summed E-state index contributed by atoms with van der Waals surface area (Å²) < 4.78 is 41.4. The third-order valence-corrected chi connectivity index (χ3v) is 4.80. The number of rotatable bonds is 6. The molecule has 3 N–H and O–H groups in total. The van der Waals surface area contributed by atoms with Gasteiger partial charge < -0.3 is 5.11 Å². The summed E-state index contributed by atoms with van der Waals surface area (Å²) in [6.45, 7) is 2.62. The minimum absolute atomic E-state index is 0.0489. The van der Waals surface area contributed by atoms with E-state index in [0.29, 0.717) is 23.1 Å². The lowest BCUT2D eigenvalue weighted by Crippen LogP contribution is -2.28. The van der Waals surface area contributed by atoms with Crippen molar-refractivity contribution in [1.29, 1.82) is 0 Å². The van der Waals surface area contributed by atoms with E-state index in [0.717, 1.165) is 29.7 Å². The number of halogens is 3. The second-order valence-corrected chi connectivity index (χ2v) is 6.86. The number of aliphatic hydroxyl groups is 1. The number of pyridine rings is 1. The maximum Gasteiger partial charge on any atom is 0.416 e. The van der Waals surface area contributed by atoms with Crippen molar-refractivity contribution in [1.82, 2.24) is 29.9 Å². The summed E-state index contributed by atoms with van der Waals surface area (Å²) in [7, 11) is 0. The molecule has 4 aromatic rings. The summed E-state index contributed by atoms with van der Waals surface area (Å²) in [6, 6.07) is 4.47. The Labute approximate surface area is 167 Å². The molecule has 1 atom stereocenters. The number of hydrogen-bond acceptors (Lipinski definition) is 5. The number of benzene rings is 1. The van der Waals surface area contributed by atoms with Gasteiger partial charge in [0, 0.05) is 6.20 Å². The van der Waals surface area contributed by atoms with Crippen LogP contribution in [0.25, 0.3) is 27.6 Å². The highest BCUT2D eigenvalue weighted by Gasteiger charge is 2.30. The van der Waals surface area contributed by atoms with E-state index >= 15 is 0 Å². The van der Waals surface area contributed by atoms with Gasteiger partial charge >= 0.3 is 6.18 Å². The molecule has 0 spiro atoms. The Hall–Kier alpha value is -3.18. The third-order valence-electron chi connectivity index (χ3n) is 4.80. The first-order chi connectivity index (χ1) is 14.3. The number of fused-ring (bicyclic) bond motifs is 3. The van der Waals surface area contributed by atoms with Gasteiger partial charge in [-0.1, -0.05) is 19.4 Å². The Morgan fingerprint density at radius 1 is 1.27 bits per heavy atom. The van der Waals surface area contributed by atoms with Crippen LogP contribution in [-0.4, -0.2) is 36.2 Å². The highest BCUT2D eigenvalue weighted by atomic mass is 19.4. The molecule has 0 saturated carbocycles. The Kier molecular flexibility index (Phi) is 5.08. The molecule has 3 aromatic heterocycles. The molecule has 0 bridgehead atoms. The van der Waals surface area contributed by atoms with Gasteiger partial charge in [0.1, 0.15) is 0 Å². The predicted molar refractivity (Wildman–Crippen MR) is 104 cm³/mol. The molecule has 158 valence electrons. The molecule has 0 saturated heterocycles. The maximum absolute atomic E-state index is 13.0. The molecule has 3 heterocycles. The Morgan fingerprint density at radius 2 is 2.07 bits per heavy atom. The van der Waals surface area contributed by atoms with Crippen molar-refractivity contribution in [2.24, 2.45) is 0 Å². The number of unbranched alkanes of at least 4 members (excludes halogenated alkanes) is 1. The van der Waals surface area contributed by atoms with E-state index in [2.05, 4.69) is 20.5 Å². The first kappa shape index (κ1) is 20.1. The molecule has 0 radical (unpaired) electrons. The summed E-state index contributed by atoms with van der Waals surface area (Å²) in [5.74, 6) is 0. The number of alkyl halides is 3. The van der Waals surface area contributed by atoms with Gasteiger partial charge in [-0.15, -0.1) is 0 Å². The van der Waals surface area contributed by atoms with Crippen molar-refractivity contribution >= 4 is 21.9 Å². The molecule has 8 nitrogen and oxygen atoms in total. The lowest BCUT2D eigenvalue weighted by Gasteiger charge is -2.13. The SMILES string of the molecule is CCCCNC(O)n1ncc2c3[nH]n(-c4cccc(C(F)(F)F)c4)c(=O)c3cnc21. The Morgan fingerprint density at radius 3 is 2.80 bits per heavy atom. The van der Waals surface area contributed by atoms with E-state index < -0.39 is 23.7 Å². The zero-order valence-corrected chi connectivity index (χ0v) is 15.9. The van der Waals surface area contributed by atoms with Crippen LogP contribution >= 0.6 is 0 Å². The second-order valence-electron chi connectivity index (χ2n) is 6.86. The van der Waals surface area contributed by atoms with Crippen LogP contribution < -0.4 is 10.9 Å². The van der Waals surface area contributed by atoms with Crippen molar-refractivity contribution < 1.29 is 18.3 Å². The van der Waals surface area contributed by atoms with Crippen molar-refractivity contribution in [2.75, 3.05) is 6.54 Å². The normalized spacial score (nSPS) is 13.4. The molecule has 30 heavy (non-hydrogen) atoms.